The number of methoxy groups -OCH3 is 1. The van der Waals surface area contributed by atoms with Crippen LogP contribution < -0.4 is 9.64 Å². The van der Waals surface area contributed by atoms with Crippen molar-refractivity contribution in [1.82, 2.24) is 0 Å². The van der Waals surface area contributed by atoms with E-state index in [2.05, 4.69) is 0 Å². The molecule has 2 aromatic carbocycles. The highest BCUT2D eigenvalue weighted by molar-refractivity contribution is 5.54. The Balaban J connectivity index is 2.28. The Morgan fingerprint density at radius 1 is 1.15 bits per heavy atom. The van der Waals surface area contributed by atoms with Crippen LogP contribution in [0.25, 0.3) is 0 Å². The van der Waals surface area contributed by atoms with E-state index in [-0.39, 0.29) is 6.61 Å². The minimum absolute atomic E-state index is 0.310. The standard InChI is InChI=1S/C16H18FNO2/c1-18(10-12-6-3-4-9-16(12)20-2)15-8-5-7-14(17)13(15)11-19/h3-9,19H,10-11H2,1-2H3. The topological polar surface area (TPSA) is 32.7 Å². The fraction of sp³-hybridized carbons (Fsp3) is 0.250. The van der Waals surface area contributed by atoms with Crippen molar-refractivity contribution in [3.8, 4) is 5.75 Å². The molecule has 0 bridgehead atoms. The van der Waals surface area contributed by atoms with Crippen molar-refractivity contribution in [2.75, 3.05) is 19.1 Å². The summed E-state index contributed by atoms with van der Waals surface area (Å²) in [6.45, 7) is 0.249. The van der Waals surface area contributed by atoms with E-state index in [0.29, 0.717) is 17.8 Å². The summed E-state index contributed by atoms with van der Waals surface area (Å²) in [5, 5.41) is 9.32. The van der Waals surface area contributed by atoms with Gasteiger partial charge in [0.05, 0.1) is 13.7 Å². The number of hydrogen-bond acceptors (Lipinski definition) is 3. The molecular weight excluding hydrogens is 257 g/mol. The fourth-order valence-corrected chi connectivity index (χ4v) is 2.24. The van der Waals surface area contributed by atoms with Gasteiger partial charge in [0, 0.05) is 30.4 Å². The molecule has 4 heteroatoms. The lowest BCUT2D eigenvalue weighted by atomic mass is 10.1. The zero-order valence-electron chi connectivity index (χ0n) is 11.6. The molecule has 2 aromatic rings. The molecule has 1 N–H and O–H groups in total. The molecule has 0 spiro atoms. The van der Waals surface area contributed by atoms with E-state index < -0.39 is 5.82 Å². The van der Waals surface area contributed by atoms with E-state index in [1.54, 1.807) is 19.2 Å². The van der Waals surface area contributed by atoms with Crippen molar-refractivity contribution < 1.29 is 14.2 Å². The molecule has 20 heavy (non-hydrogen) atoms. The van der Waals surface area contributed by atoms with Gasteiger partial charge in [-0.15, -0.1) is 0 Å². The molecule has 0 amide bonds. The molecule has 0 heterocycles. The molecule has 0 atom stereocenters. The lowest BCUT2D eigenvalue weighted by molar-refractivity contribution is 0.276. The number of hydrogen-bond donors (Lipinski definition) is 1. The van der Waals surface area contributed by atoms with Gasteiger partial charge in [0.15, 0.2) is 0 Å². The Morgan fingerprint density at radius 3 is 2.60 bits per heavy atom. The summed E-state index contributed by atoms with van der Waals surface area (Å²) in [7, 11) is 3.49. The largest absolute Gasteiger partial charge is 0.496 e. The maximum atomic E-state index is 13.7. The van der Waals surface area contributed by atoms with Crippen LogP contribution >= 0.6 is 0 Å². The third-order valence-electron chi connectivity index (χ3n) is 3.26. The van der Waals surface area contributed by atoms with Crippen molar-refractivity contribution in [2.45, 2.75) is 13.2 Å². The fourth-order valence-electron chi connectivity index (χ4n) is 2.24. The lowest BCUT2D eigenvalue weighted by Crippen LogP contribution is -2.19. The Hall–Kier alpha value is -2.07. The molecule has 106 valence electrons. The number of aliphatic hydroxyl groups excluding tert-OH is 1. The summed E-state index contributed by atoms with van der Waals surface area (Å²) < 4.78 is 19.0. The van der Waals surface area contributed by atoms with E-state index in [1.165, 1.54) is 6.07 Å². The van der Waals surface area contributed by atoms with Crippen LogP contribution in [0.5, 0.6) is 5.75 Å². The predicted octanol–water partition coefficient (Wildman–Crippen LogP) is 2.96. The summed E-state index contributed by atoms with van der Waals surface area (Å²) in [6, 6.07) is 12.5. The van der Waals surface area contributed by atoms with Crippen molar-refractivity contribution in [3.63, 3.8) is 0 Å². The van der Waals surface area contributed by atoms with Crippen LogP contribution in [0.2, 0.25) is 0 Å². The van der Waals surface area contributed by atoms with Gasteiger partial charge < -0.3 is 14.7 Å². The third kappa shape index (κ3) is 2.91. The first-order valence-electron chi connectivity index (χ1n) is 6.38. The number of rotatable bonds is 5. The molecule has 0 aliphatic rings. The van der Waals surface area contributed by atoms with Crippen LogP contribution in [0.1, 0.15) is 11.1 Å². The molecule has 0 saturated heterocycles. The van der Waals surface area contributed by atoms with E-state index in [0.717, 1.165) is 11.3 Å². The van der Waals surface area contributed by atoms with Crippen LogP contribution in [-0.2, 0) is 13.2 Å². The number of para-hydroxylation sites is 1. The van der Waals surface area contributed by atoms with Crippen molar-refractivity contribution >= 4 is 5.69 Å². The first kappa shape index (κ1) is 14.3. The second-order valence-corrected chi connectivity index (χ2v) is 4.56. The second kappa shape index (κ2) is 6.39. The molecule has 0 aromatic heterocycles. The van der Waals surface area contributed by atoms with Crippen LogP contribution in [0.4, 0.5) is 10.1 Å². The van der Waals surface area contributed by atoms with Gasteiger partial charge in [0.2, 0.25) is 0 Å². The molecule has 0 radical (unpaired) electrons. The van der Waals surface area contributed by atoms with Crippen LogP contribution in [0, 0.1) is 5.82 Å². The Morgan fingerprint density at radius 2 is 1.90 bits per heavy atom. The number of aliphatic hydroxyl groups is 1. The Labute approximate surface area is 118 Å². The highest BCUT2D eigenvalue weighted by Gasteiger charge is 2.13. The molecule has 3 nitrogen and oxygen atoms in total. The van der Waals surface area contributed by atoms with Gasteiger partial charge in [-0.25, -0.2) is 4.39 Å². The smallest absolute Gasteiger partial charge is 0.130 e. The second-order valence-electron chi connectivity index (χ2n) is 4.56. The van der Waals surface area contributed by atoms with Crippen molar-refractivity contribution in [3.05, 3.63) is 59.4 Å². The van der Waals surface area contributed by atoms with E-state index in [9.17, 15) is 9.50 Å². The predicted molar refractivity (Wildman–Crippen MR) is 77.4 cm³/mol. The Bertz CT molecular complexity index is 586. The first-order chi connectivity index (χ1) is 9.67. The summed E-state index contributed by atoms with van der Waals surface area (Å²) in [6.07, 6.45) is 0. The highest BCUT2D eigenvalue weighted by Crippen LogP contribution is 2.26. The van der Waals surface area contributed by atoms with E-state index >= 15 is 0 Å². The molecule has 0 saturated carbocycles. The van der Waals surface area contributed by atoms with Gasteiger partial charge in [0.1, 0.15) is 11.6 Å². The molecule has 0 fully saturated rings. The van der Waals surface area contributed by atoms with Crippen molar-refractivity contribution in [1.29, 1.82) is 0 Å². The minimum atomic E-state index is -0.392. The van der Waals surface area contributed by atoms with Crippen LogP contribution in [-0.4, -0.2) is 19.3 Å². The summed E-state index contributed by atoms with van der Waals surface area (Å²) in [4.78, 5) is 1.90. The number of nitrogens with zero attached hydrogens (tertiary/aromatic N) is 1. The number of benzene rings is 2. The van der Waals surface area contributed by atoms with Crippen molar-refractivity contribution in [2.24, 2.45) is 0 Å². The zero-order chi connectivity index (χ0) is 14.5. The van der Waals surface area contributed by atoms with Gasteiger partial charge >= 0.3 is 0 Å². The first-order valence-corrected chi connectivity index (χ1v) is 6.38. The number of anilines is 1. The summed E-state index contributed by atoms with van der Waals surface area (Å²) >= 11 is 0. The van der Waals surface area contributed by atoms with Crippen LogP contribution in [0.15, 0.2) is 42.5 Å². The lowest BCUT2D eigenvalue weighted by Gasteiger charge is -2.23. The normalized spacial score (nSPS) is 10.4. The average molecular weight is 275 g/mol. The van der Waals surface area contributed by atoms with Gasteiger partial charge in [-0.1, -0.05) is 24.3 Å². The molecule has 0 aliphatic carbocycles. The number of halogens is 1. The summed E-state index contributed by atoms with van der Waals surface area (Å²) in [5.41, 5.74) is 1.99. The number of ether oxygens (including phenoxy) is 1. The quantitative estimate of drug-likeness (QED) is 0.910. The molecule has 0 unspecified atom stereocenters. The van der Waals surface area contributed by atoms with Crippen LogP contribution in [0.3, 0.4) is 0 Å². The minimum Gasteiger partial charge on any atom is -0.496 e. The highest BCUT2D eigenvalue weighted by atomic mass is 19.1. The third-order valence-corrected chi connectivity index (χ3v) is 3.26. The summed E-state index contributed by atoms with van der Waals surface area (Å²) in [5.74, 6) is 0.401. The average Bonchev–Trinajstić information content (AvgIpc) is 2.47. The van der Waals surface area contributed by atoms with E-state index in [4.69, 9.17) is 4.74 Å². The van der Waals surface area contributed by atoms with Gasteiger partial charge in [-0.05, 0) is 18.2 Å². The maximum Gasteiger partial charge on any atom is 0.130 e. The monoisotopic (exact) mass is 275 g/mol. The zero-order valence-corrected chi connectivity index (χ0v) is 11.6. The molecule has 0 aliphatic heterocycles. The maximum absolute atomic E-state index is 13.7. The van der Waals surface area contributed by atoms with Gasteiger partial charge in [-0.2, -0.15) is 0 Å². The molecular formula is C16H18FNO2. The SMILES string of the molecule is COc1ccccc1CN(C)c1cccc(F)c1CO. The van der Waals surface area contributed by atoms with Gasteiger partial charge in [0.25, 0.3) is 0 Å². The Kier molecular flexibility index (Phi) is 4.58. The molecule has 2 rings (SSSR count). The van der Waals surface area contributed by atoms with E-state index in [1.807, 2.05) is 36.2 Å². The van der Waals surface area contributed by atoms with Gasteiger partial charge in [-0.3, -0.25) is 0 Å².